The lowest BCUT2D eigenvalue weighted by molar-refractivity contribution is 0.0478. The molecular weight excluding hydrogens is 336 g/mol. The molecule has 1 aliphatic rings. The number of fused-ring (bicyclic) bond motifs is 1. The van der Waals surface area contributed by atoms with Crippen molar-refractivity contribution in [3.63, 3.8) is 0 Å². The van der Waals surface area contributed by atoms with E-state index in [1.807, 2.05) is 0 Å². The van der Waals surface area contributed by atoms with Gasteiger partial charge in [0.15, 0.2) is 18.3 Å². The molecule has 0 saturated heterocycles. The Morgan fingerprint density at radius 2 is 2.00 bits per heavy atom. The molecule has 0 radical (unpaired) electrons. The summed E-state index contributed by atoms with van der Waals surface area (Å²) in [6.45, 7) is 0.00254. The summed E-state index contributed by atoms with van der Waals surface area (Å²) in [5, 5.41) is 0. The van der Waals surface area contributed by atoms with Crippen LogP contribution < -0.4 is 32.4 Å². The number of carbonyl (C=O) groups excluding carboxylic acids is 1. The molecule has 0 saturated carbocycles. The topological polar surface area (TPSA) is 149 Å². The van der Waals surface area contributed by atoms with Crippen molar-refractivity contribution >= 4 is 11.5 Å². The normalized spacial score (nSPS) is 16.8. The maximum atomic E-state index is 12.5. The molecule has 8 N–H and O–H groups in total. The summed E-state index contributed by atoms with van der Waals surface area (Å²) in [7, 11) is 1.50. The second-order valence-electron chi connectivity index (χ2n) is 6.19. The molecule has 8 nitrogen and oxygen atoms in total. The molecule has 0 amide bonds. The van der Waals surface area contributed by atoms with Crippen molar-refractivity contribution in [2.75, 3.05) is 19.6 Å². The zero-order valence-electron chi connectivity index (χ0n) is 14.4. The highest BCUT2D eigenvalue weighted by Crippen LogP contribution is 2.41. The third-order valence-corrected chi connectivity index (χ3v) is 4.17. The number of hydrogen-bond acceptors (Lipinski definition) is 8. The van der Waals surface area contributed by atoms with Crippen molar-refractivity contribution in [2.24, 2.45) is 17.2 Å². The molecule has 0 fully saturated rings. The van der Waals surface area contributed by atoms with Crippen LogP contribution in [0.25, 0.3) is 0 Å². The molecule has 8 heteroatoms. The average molecular weight is 358 g/mol. The van der Waals surface area contributed by atoms with Crippen LogP contribution in [-0.4, -0.2) is 19.7 Å². The Balaban J connectivity index is 2.01. The first-order valence-corrected chi connectivity index (χ1v) is 8.02. The Morgan fingerprint density at radius 1 is 1.23 bits per heavy atom. The number of hydrogen-bond donors (Lipinski definition) is 4. The zero-order chi connectivity index (χ0) is 18.9. The van der Waals surface area contributed by atoms with E-state index in [0.717, 1.165) is 0 Å². The number of benzene rings is 2. The smallest absolute Gasteiger partial charge is 0.188 e. The van der Waals surface area contributed by atoms with Crippen LogP contribution in [0.1, 0.15) is 34.0 Å². The summed E-state index contributed by atoms with van der Waals surface area (Å²) in [5.41, 5.74) is 25.2. The van der Waals surface area contributed by atoms with E-state index in [0.29, 0.717) is 33.9 Å². The summed E-state index contributed by atoms with van der Waals surface area (Å²) in [6.07, 6.45) is -0.415. The SMILES string of the molecule is COCOc1cc(C(N)(N)N)ccc1C1CC(=O)c2cccc(N)c2O1. The lowest BCUT2D eigenvalue weighted by Gasteiger charge is -2.28. The third kappa shape index (κ3) is 3.49. The van der Waals surface area contributed by atoms with E-state index >= 15 is 0 Å². The standard InChI is InChI=1S/C18H22N4O4/c1-24-9-25-15-7-10(18(20,21)22)5-6-12(15)16-8-14(23)11-3-2-4-13(19)17(11)26-16/h2-7,16H,8-9,19-22H2,1H3. The second-order valence-corrected chi connectivity index (χ2v) is 6.19. The largest absolute Gasteiger partial charge is 0.482 e. The Morgan fingerprint density at radius 3 is 2.69 bits per heavy atom. The maximum Gasteiger partial charge on any atom is 0.188 e. The molecular formula is C18H22N4O4. The summed E-state index contributed by atoms with van der Waals surface area (Å²) >= 11 is 0. The predicted octanol–water partition coefficient (Wildman–Crippen LogP) is 0.944. The molecule has 2 aromatic rings. The fraction of sp³-hybridized carbons (Fsp3) is 0.278. The van der Waals surface area contributed by atoms with Crippen LogP contribution in [0.3, 0.4) is 0 Å². The molecule has 1 atom stereocenters. The molecule has 0 aromatic heterocycles. The number of para-hydroxylation sites is 1. The van der Waals surface area contributed by atoms with Crippen LogP contribution >= 0.6 is 0 Å². The van der Waals surface area contributed by atoms with Crippen LogP contribution in [0.2, 0.25) is 0 Å². The van der Waals surface area contributed by atoms with Crippen molar-refractivity contribution in [2.45, 2.75) is 18.3 Å². The number of anilines is 1. The molecule has 2 aromatic carbocycles. The molecule has 0 aliphatic carbocycles. The van der Waals surface area contributed by atoms with E-state index in [4.69, 9.17) is 37.1 Å². The van der Waals surface area contributed by atoms with Gasteiger partial charge in [0.2, 0.25) is 0 Å². The molecule has 1 unspecified atom stereocenters. The van der Waals surface area contributed by atoms with E-state index in [1.54, 1.807) is 36.4 Å². The van der Waals surface area contributed by atoms with Gasteiger partial charge in [-0.1, -0.05) is 18.2 Å². The number of nitrogens with two attached hydrogens (primary N) is 4. The van der Waals surface area contributed by atoms with Crippen LogP contribution in [0.5, 0.6) is 11.5 Å². The van der Waals surface area contributed by atoms with Crippen molar-refractivity contribution in [3.05, 3.63) is 53.1 Å². The molecule has 0 bridgehead atoms. The van der Waals surface area contributed by atoms with Gasteiger partial charge in [-0.05, 0) is 18.2 Å². The zero-order valence-corrected chi connectivity index (χ0v) is 14.4. The second kappa shape index (κ2) is 6.93. The monoisotopic (exact) mass is 358 g/mol. The first-order valence-electron chi connectivity index (χ1n) is 8.02. The summed E-state index contributed by atoms with van der Waals surface area (Å²) in [6, 6.07) is 10.1. The number of Topliss-reactive ketones (excluding diaryl/α,β-unsaturated/α-hetero) is 1. The molecule has 3 rings (SSSR count). The first-order chi connectivity index (χ1) is 12.3. The minimum Gasteiger partial charge on any atom is -0.482 e. The highest BCUT2D eigenvalue weighted by molar-refractivity contribution is 6.01. The Hall–Kier alpha value is -2.65. The average Bonchev–Trinajstić information content (AvgIpc) is 2.59. The number of nitrogen functional groups attached to an aromatic ring is 1. The first kappa shape index (κ1) is 18.2. The number of ketones is 1. The van der Waals surface area contributed by atoms with Gasteiger partial charge in [0.05, 0.1) is 17.7 Å². The van der Waals surface area contributed by atoms with Gasteiger partial charge in [0, 0.05) is 18.2 Å². The van der Waals surface area contributed by atoms with Gasteiger partial charge in [-0.15, -0.1) is 0 Å². The van der Waals surface area contributed by atoms with E-state index < -0.39 is 11.9 Å². The van der Waals surface area contributed by atoms with Gasteiger partial charge in [-0.25, -0.2) is 0 Å². The number of rotatable bonds is 5. The van der Waals surface area contributed by atoms with Crippen molar-refractivity contribution in [1.82, 2.24) is 0 Å². The third-order valence-electron chi connectivity index (χ3n) is 4.17. The molecule has 0 spiro atoms. The Bertz CT molecular complexity index is 832. The van der Waals surface area contributed by atoms with E-state index in [9.17, 15) is 4.79 Å². The van der Waals surface area contributed by atoms with E-state index in [-0.39, 0.29) is 19.0 Å². The van der Waals surface area contributed by atoms with Gasteiger partial charge in [-0.3, -0.25) is 22.0 Å². The number of carbonyl (C=O) groups is 1. The molecule has 138 valence electrons. The van der Waals surface area contributed by atoms with E-state index in [1.165, 1.54) is 7.11 Å². The minimum atomic E-state index is -1.52. The van der Waals surface area contributed by atoms with Crippen LogP contribution in [0, 0.1) is 0 Å². The summed E-state index contributed by atoms with van der Waals surface area (Å²) in [4.78, 5) is 12.5. The number of methoxy groups -OCH3 is 1. The van der Waals surface area contributed by atoms with Gasteiger partial charge in [-0.2, -0.15) is 0 Å². The van der Waals surface area contributed by atoms with Crippen molar-refractivity contribution in [3.8, 4) is 11.5 Å². The van der Waals surface area contributed by atoms with Gasteiger partial charge in [0.25, 0.3) is 0 Å². The molecule has 1 aliphatic heterocycles. The highest BCUT2D eigenvalue weighted by atomic mass is 16.7. The van der Waals surface area contributed by atoms with E-state index in [2.05, 4.69) is 0 Å². The fourth-order valence-corrected chi connectivity index (χ4v) is 2.86. The Labute approximate surface area is 151 Å². The van der Waals surface area contributed by atoms with Crippen LogP contribution in [-0.2, 0) is 10.5 Å². The Kier molecular flexibility index (Phi) is 4.84. The number of ether oxygens (including phenoxy) is 3. The minimum absolute atomic E-state index is 0.00254. The van der Waals surface area contributed by atoms with Crippen molar-refractivity contribution < 1.29 is 19.0 Å². The fourth-order valence-electron chi connectivity index (χ4n) is 2.86. The highest BCUT2D eigenvalue weighted by Gasteiger charge is 2.31. The quantitative estimate of drug-likeness (QED) is 0.456. The lowest BCUT2D eigenvalue weighted by Crippen LogP contribution is -2.54. The van der Waals surface area contributed by atoms with Gasteiger partial charge >= 0.3 is 0 Å². The van der Waals surface area contributed by atoms with Crippen LogP contribution in [0.4, 0.5) is 5.69 Å². The molecule has 1 heterocycles. The summed E-state index contributed by atoms with van der Waals surface area (Å²) in [5.74, 6) is -0.785. The van der Waals surface area contributed by atoms with Gasteiger partial charge in [0.1, 0.15) is 17.6 Å². The van der Waals surface area contributed by atoms with Gasteiger partial charge < -0.3 is 19.9 Å². The van der Waals surface area contributed by atoms with Crippen LogP contribution in [0.15, 0.2) is 36.4 Å². The van der Waals surface area contributed by atoms with Crippen molar-refractivity contribution in [1.29, 1.82) is 0 Å². The summed E-state index contributed by atoms with van der Waals surface area (Å²) < 4.78 is 16.6. The predicted molar refractivity (Wildman–Crippen MR) is 96.4 cm³/mol. The molecule has 26 heavy (non-hydrogen) atoms. The maximum absolute atomic E-state index is 12.5. The lowest BCUT2D eigenvalue weighted by atomic mass is 9.94.